The Bertz CT molecular complexity index is 317. The van der Waals surface area contributed by atoms with Crippen LogP contribution in [0.3, 0.4) is 0 Å². The molecule has 0 fully saturated rings. The topological polar surface area (TPSA) is 15.3 Å². The van der Waals surface area contributed by atoms with E-state index in [0.29, 0.717) is 5.69 Å². The standard InChI is InChI=1S/C11H15F3N2/c1-16(2)7-9-3-5-10(6-4-9)15-8-11(12,13)14/h3-6,15H,7-8H2,1-2H3. The number of nitrogens with one attached hydrogen (secondary N) is 1. The van der Waals surface area contributed by atoms with Gasteiger partial charge in [0.15, 0.2) is 0 Å². The summed E-state index contributed by atoms with van der Waals surface area (Å²) in [6.45, 7) is -0.223. The first kappa shape index (κ1) is 12.8. The smallest absolute Gasteiger partial charge is 0.376 e. The zero-order valence-electron chi connectivity index (χ0n) is 9.30. The van der Waals surface area contributed by atoms with Crippen LogP contribution < -0.4 is 5.32 Å². The van der Waals surface area contributed by atoms with Crippen molar-refractivity contribution in [3.63, 3.8) is 0 Å². The van der Waals surface area contributed by atoms with Crippen LogP contribution >= 0.6 is 0 Å². The second-order valence-electron chi connectivity index (χ2n) is 3.90. The van der Waals surface area contributed by atoms with Gasteiger partial charge in [0.2, 0.25) is 0 Å². The van der Waals surface area contributed by atoms with Gasteiger partial charge in [-0.15, -0.1) is 0 Å². The monoisotopic (exact) mass is 232 g/mol. The molecule has 1 aromatic rings. The van der Waals surface area contributed by atoms with Gasteiger partial charge in [-0.1, -0.05) is 12.1 Å². The average molecular weight is 232 g/mol. The fourth-order valence-corrected chi connectivity index (χ4v) is 1.30. The summed E-state index contributed by atoms with van der Waals surface area (Å²) in [4.78, 5) is 2.00. The lowest BCUT2D eigenvalue weighted by Crippen LogP contribution is -2.21. The number of nitrogens with zero attached hydrogens (tertiary/aromatic N) is 1. The molecular weight excluding hydrogens is 217 g/mol. The number of halogens is 3. The lowest BCUT2D eigenvalue weighted by molar-refractivity contribution is -0.115. The Morgan fingerprint density at radius 3 is 2.12 bits per heavy atom. The highest BCUT2D eigenvalue weighted by atomic mass is 19.4. The van der Waals surface area contributed by atoms with E-state index in [1.54, 1.807) is 12.1 Å². The van der Waals surface area contributed by atoms with Gasteiger partial charge in [-0.05, 0) is 31.8 Å². The first-order valence-corrected chi connectivity index (χ1v) is 4.91. The van der Waals surface area contributed by atoms with Gasteiger partial charge in [0.25, 0.3) is 0 Å². The third kappa shape index (κ3) is 5.02. The average Bonchev–Trinajstić information content (AvgIpc) is 2.14. The van der Waals surface area contributed by atoms with Crippen LogP contribution in [0.1, 0.15) is 5.56 Å². The fraction of sp³-hybridized carbons (Fsp3) is 0.455. The van der Waals surface area contributed by atoms with E-state index in [9.17, 15) is 13.2 Å². The molecule has 0 aliphatic rings. The maximum absolute atomic E-state index is 11.9. The van der Waals surface area contributed by atoms with E-state index in [4.69, 9.17) is 0 Å². The van der Waals surface area contributed by atoms with E-state index in [0.717, 1.165) is 12.1 Å². The zero-order valence-corrected chi connectivity index (χ0v) is 9.30. The van der Waals surface area contributed by atoms with Crippen molar-refractivity contribution in [2.45, 2.75) is 12.7 Å². The molecule has 0 aliphatic heterocycles. The number of anilines is 1. The Morgan fingerprint density at radius 2 is 1.69 bits per heavy atom. The Morgan fingerprint density at radius 1 is 1.12 bits per heavy atom. The van der Waals surface area contributed by atoms with Gasteiger partial charge in [0.1, 0.15) is 6.54 Å². The minimum Gasteiger partial charge on any atom is -0.376 e. The quantitative estimate of drug-likeness (QED) is 0.858. The van der Waals surface area contributed by atoms with E-state index < -0.39 is 12.7 Å². The first-order valence-electron chi connectivity index (χ1n) is 4.91. The Balaban J connectivity index is 2.51. The third-order valence-electron chi connectivity index (χ3n) is 1.95. The molecule has 0 atom stereocenters. The number of alkyl halides is 3. The molecule has 0 heterocycles. The Labute approximate surface area is 93.1 Å². The molecule has 0 radical (unpaired) electrons. The molecule has 0 spiro atoms. The first-order chi connectivity index (χ1) is 7.37. The van der Waals surface area contributed by atoms with Gasteiger partial charge in [0, 0.05) is 12.2 Å². The molecule has 2 nitrogen and oxygen atoms in total. The molecule has 0 saturated heterocycles. The number of hydrogen-bond donors (Lipinski definition) is 1. The van der Waals surface area contributed by atoms with Crippen LogP contribution in [-0.2, 0) is 6.54 Å². The SMILES string of the molecule is CN(C)Cc1ccc(NCC(F)(F)F)cc1. The van der Waals surface area contributed by atoms with E-state index in [1.165, 1.54) is 0 Å². The molecular formula is C11H15F3N2. The van der Waals surface area contributed by atoms with E-state index in [-0.39, 0.29) is 0 Å². The van der Waals surface area contributed by atoms with Crippen LogP contribution in [0.4, 0.5) is 18.9 Å². The highest BCUT2D eigenvalue weighted by Gasteiger charge is 2.26. The summed E-state index contributed by atoms with van der Waals surface area (Å²) in [7, 11) is 3.88. The normalized spacial score (nSPS) is 11.9. The maximum atomic E-state index is 11.9. The van der Waals surface area contributed by atoms with Crippen molar-refractivity contribution < 1.29 is 13.2 Å². The van der Waals surface area contributed by atoms with Crippen LogP contribution in [0.5, 0.6) is 0 Å². The van der Waals surface area contributed by atoms with Crippen molar-refractivity contribution in [3.05, 3.63) is 29.8 Å². The zero-order chi connectivity index (χ0) is 12.2. The predicted octanol–water partition coefficient (Wildman–Crippen LogP) is 2.72. The molecule has 1 rings (SSSR count). The lowest BCUT2D eigenvalue weighted by Gasteiger charge is -2.12. The van der Waals surface area contributed by atoms with Gasteiger partial charge in [-0.25, -0.2) is 0 Å². The van der Waals surface area contributed by atoms with E-state index in [2.05, 4.69) is 5.32 Å². The summed E-state index contributed by atoms with van der Waals surface area (Å²) in [5.74, 6) is 0. The summed E-state index contributed by atoms with van der Waals surface area (Å²) in [6, 6.07) is 6.95. The number of benzene rings is 1. The summed E-state index contributed by atoms with van der Waals surface area (Å²) >= 11 is 0. The summed E-state index contributed by atoms with van der Waals surface area (Å²) < 4.78 is 35.8. The van der Waals surface area contributed by atoms with Crippen LogP contribution in [0, 0.1) is 0 Å². The number of hydrogen-bond acceptors (Lipinski definition) is 2. The molecule has 5 heteroatoms. The van der Waals surface area contributed by atoms with Gasteiger partial charge in [-0.2, -0.15) is 13.2 Å². The molecule has 0 unspecified atom stereocenters. The van der Waals surface area contributed by atoms with Crippen LogP contribution in [0.25, 0.3) is 0 Å². The fourth-order valence-electron chi connectivity index (χ4n) is 1.30. The lowest BCUT2D eigenvalue weighted by atomic mass is 10.2. The van der Waals surface area contributed by atoms with E-state index in [1.807, 2.05) is 31.1 Å². The van der Waals surface area contributed by atoms with Crippen molar-refractivity contribution in [1.82, 2.24) is 4.90 Å². The molecule has 0 amide bonds. The Hall–Kier alpha value is -1.23. The van der Waals surface area contributed by atoms with Crippen molar-refractivity contribution in [3.8, 4) is 0 Å². The maximum Gasteiger partial charge on any atom is 0.405 e. The van der Waals surface area contributed by atoms with Crippen LogP contribution in [0.2, 0.25) is 0 Å². The van der Waals surface area contributed by atoms with Gasteiger partial charge >= 0.3 is 6.18 Å². The Kier molecular flexibility index (Phi) is 4.18. The van der Waals surface area contributed by atoms with Gasteiger partial charge < -0.3 is 10.2 Å². The highest BCUT2D eigenvalue weighted by Crippen LogP contribution is 2.17. The molecule has 16 heavy (non-hydrogen) atoms. The van der Waals surface area contributed by atoms with Crippen molar-refractivity contribution in [2.24, 2.45) is 0 Å². The van der Waals surface area contributed by atoms with Crippen molar-refractivity contribution in [2.75, 3.05) is 26.0 Å². The minimum atomic E-state index is -4.18. The highest BCUT2D eigenvalue weighted by molar-refractivity contribution is 5.44. The molecule has 1 aromatic carbocycles. The van der Waals surface area contributed by atoms with Crippen molar-refractivity contribution in [1.29, 1.82) is 0 Å². The largest absolute Gasteiger partial charge is 0.405 e. The van der Waals surface area contributed by atoms with Gasteiger partial charge in [-0.3, -0.25) is 0 Å². The second-order valence-corrected chi connectivity index (χ2v) is 3.90. The minimum absolute atomic E-state index is 0.486. The molecule has 0 aliphatic carbocycles. The summed E-state index contributed by atoms with van der Waals surface area (Å²) in [5.41, 5.74) is 1.56. The molecule has 90 valence electrons. The van der Waals surface area contributed by atoms with Crippen LogP contribution in [-0.4, -0.2) is 31.7 Å². The van der Waals surface area contributed by atoms with Crippen molar-refractivity contribution >= 4 is 5.69 Å². The molecule has 0 saturated carbocycles. The summed E-state index contributed by atoms with van der Waals surface area (Å²) in [6.07, 6.45) is -4.18. The molecule has 0 aromatic heterocycles. The third-order valence-corrected chi connectivity index (χ3v) is 1.95. The predicted molar refractivity (Wildman–Crippen MR) is 58.4 cm³/mol. The van der Waals surface area contributed by atoms with Gasteiger partial charge in [0.05, 0.1) is 0 Å². The van der Waals surface area contributed by atoms with E-state index >= 15 is 0 Å². The number of rotatable bonds is 4. The molecule has 1 N–H and O–H groups in total. The second kappa shape index (κ2) is 5.21. The molecule has 0 bridgehead atoms. The van der Waals surface area contributed by atoms with Crippen LogP contribution in [0.15, 0.2) is 24.3 Å². The summed E-state index contributed by atoms with van der Waals surface area (Å²) in [5, 5.41) is 2.33.